The predicted octanol–water partition coefficient (Wildman–Crippen LogP) is -0.733. The Hall–Kier alpha value is -1.10. The van der Waals surface area contributed by atoms with E-state index in [1.54, 1.807) is 13.8 Å². The van der Waals surface area contributed by atoms with E-state index in [2.05, 4.69) is 0 Å². The van der Waals surface area contributed by atoms with Crippen LogP contribution in [0.15, 0.2) is 0 Å². The average molecular weight is 174 g/mol. The van der Waals surface area contributed by atoms with E-state index in [4.69, 9.17) is 10.8 Å². The molecule has 1 amide bonds. The number of hydrogen-bond acceptors (Lipinski definition) is 3. The Labute approximate surface area is 71.1 Å². The van der Waals surface area contributed by atoms with Gasteiger partial charge in [-0.15, -0.1) is 0 Å². The van der Waals surface area contributed by atoms with E-state index in [1.807, 2.05) is 0 Å². The van der Waals surface area contributed by atoms with Crippen LogP contribution in [0.2, 0.25) is 0 Å². The first-order valence-corrected chi connectivity index (χ1v) is 3.70. The molecule has 0 aromatic carbocycles. The molecule has 5 nitrogen and oxygen atoms in total. The Kier molecular flexibility index (Phi) is 4.28. The summed E-state index contributed by atoms with van der Waals surface area (Å²) in [4.78, 5) is 22.6. The lowest BCUT2D eigenvalue weighted by molar-refractivity contribution is -0.145. The zero-order valence-corrected chi connectivity index (χ0v) is 7.28. The molecule has 0 atom stereocenters. The highest BCUT2D eigenvalue weighted by Crippen LogP contribution is 1.97. The highest BCUT2D eigenvalue weighted by molar-refractivity contribution is 5.82. The van der Waals surface area contributed by atoms with Crippen molar-refractivity contribution in [3.8, 4) is 0 Å². The largest absolute Gasteiger partial charge is 0.480 e. The topological polar surface area (TPSA) is 83.6 Å². The van der Waals surface area contributed by atoms with Crippen molar-refractivity contribution in [3.63, 3.8) is 0 Å². The van der Waals surface area contributed by atoms with Crippen LogP contribution >= 0.6 is 0 Å². The van der Waals surface area contributed by atoms with Crippen LogP contribution in [0.4, 0.5) is 0 Å². The Morgan fingerprint density at radius 1 is 1.50 bits per heavy atom. The van der Waals surface area contributed by atoms with Crippen LogP contribution in [0.3, 0.4) is 0 Å². The van der Waals surface area contributed by atoms with Crippen LogP contribution in [0.25, 0.3) is 0 Å². The van der Waals surface area contributed by atoms with Gasteiger partial charge in [0.15, 0.2) is 0 Å². The standard InChI is InChI=1S/C7H14N2O3/c1-5(2)9(4-7(11)12)6(10)3-8/h5H,3-4,8H2,1-2H3,(H,11,12). The van der Waals surface area contributed by atoms with E-state index in [0.29, 0.717) is 0 Å². The van der Waals surface area contributed by atoms with Gasteiger partial charge < -0.3 is 15.7 Å². The molecule has 12 heavy (non-hydrogen) atoms. The second-order valence-electron chi connectivity index (χ2n) is 2.71. The summed E-state index contributed by atoms with van der Waals surface area (Å²) in [6.45, 7) is 3.06. The van der Waals surface area contributed by atoms with Crippen LogP contribution in [-0.2, 0) is 9.59 Å². The van der Waals surface area contributed by atoms with Crippen molar-refractivity contribution < 1.29 is 14.7 Å². The molecule has 0 aliphatic rings. The lowest BCUT2D eigenvalue weighted by atomic mass is 10.3. The SMILES string of the molecule is CC(C)N(CC(=O)O)C(=O)CN. The number of hydrogen-bond donors (Lipinski definition) is 2. The third-order valence-corrected chi connectivity index (χ3v) is 1.42. The maximum absolute atomic E-state index is 11.0. The zero-order chi connectivity index (χ0) is 9.72. The summed E-state index contributed by atoms with van der Waals surface area (Å²) in [7, 11) is 0. The number of carboxylic acids is 1. The van der Waals surface area contributed by atoms with Gasteiger partial charge in [0.1, 0.15) is 6.54 Å². The first-order valence-electron chi connectivity index (χ1n) is 3.70. The van der Waals surface area contributed by atoms with Crippen molar-refractivity contribution in [3.05, 3.63) is 0 Å². The lowest BCUT2D eigenvalue weighted by Crippen LogP contribution is -2.43. The molecule has 0 aromatic rings. The highest BCUT2D eigenvalue weighted by Gasteiger charge is 2.17. The van der Waals surface area contributed by atoms with Crippen molar-refractivity contribution in [1.82, 2.24) is 4.90 Å². The van der Waals surface area contributed by atoms with E-state index in [0.717, 1.165) is 0 Å². The van der Waals surface area contributed by atoms with Gasteiger partial charge in [-0.25, -0.2) is 0 Å². The van der Waals surface area contributed by atoms with Gasteiger partial charge in [0.05, 0.1) is 6.54 Å². The molecular weight excluding hydrogens is 160 g/mol. The zero-order valence-electron chi connectivity index (χ0n) is 7.28. The molecule has 70 valence electrons. The van der Waals surface area contributed by atoms with Crippen molar-refractivity contribution in [2.45, 2.75) is 19.9 Å². The Morgan fingerprint density at radius 2 is 2.00 bits per heavy atom. The van der Waals surface area contributed by atoms with Crippen LogP contribution in [-0.4, -0.2) is 41.0 Å². The number of nitrogens with zero attached hydrogens (tertiary/aromatic N) is 1. The van der Waals surface area contributed by atoms with Crippen LogP contribution in [0.5, 0.6) is 0 Å². The second-order valence-corrected chi connectivity index (χ2v) is 2.71. The molecule has 3 N–H and O–H groups in total. The van der Waals surface area contributed by atoms with Gasteiger partial charge in [-0.2, -0.15) is 0 Å². The molecule has 0 heterocycles. The van der Waals surface area contributed by atoms with Gasteiger partial charge in [-0.05, 0) is 13.8 Å². The molecule has 0 fully saturated rings. The van der Waals surface area contributed by atoms with Gasteiger partial charge in [-0.3, -0.25) is 9.59 Å². The van der Waals surface area contributed by atoms with Crippen LogP contribution in [0, 0.1) is 0 Å². The van der Waals surface area contributed by atoms with Gasteiger partial charge in [0.25, 0.3) is 0 Å². The number of rotatable bonds is 4. The summed E-state index contributed by atoms with van der Waals surface area (Å²) >= 11 is 0. The maximum atomic E-state index is 11.0. The van der Waals surface area contributed by atoms with E-state index in [-0.39, 0.29) is 25.0 Å². The van der Waals surface area contributed by atoms with E-state index >= 15 is 0 Å². The highest BCUT2D eigenvalue weighted by atomic mass is 16.4. The lowest BCUT2D eigenvalue weighted by Gasteiger charge is -2.23. The second kappa shape index (κ2) is 4.71. The number of amides is 1. The summed E-state index contributed by atoms with van der Waals surface area (Å²) in [5.74, 6) is -1.36. The monoisotopic (exact) mass is 174 g/mol. The van der Waals surface area contributed by atoms with Crippen molar-refractivity contribution >= 4 is 11.9 Å². The molecule has 0 aliphatic carbocycles. The number of aliphatic carboxylic acids is 1. The Balaban J connectivity index is 4.23. The molecule has 0 aliphatic heterocycles. The van der Waals surface area contributed by atoms with Gasteiger partial charge in [0, 0.05) is 6.04 Å². The van der Waals surface area contributed by atoms with Gasteiger partial charge in [-0.1, -0.05) is 0 Å². The van der Waals surface area contributed by atoms with Gasteiger partial charge >= 0.3 is 5.97 Å². The molecule has 0 unspecified atom stereocenters. The number of nitrogens with two attached hydrogens (primary N) is 1. The first kappa shape index (κ1) is 10.9. The van der Waals surface area contributed by atoms with Gasteiger partial charge in [0.2, 0.25) is 5.91 Å². The maximum Gasteiger partial charge on any atom is 0.323 e. The normalized spacial score (nSPS) is 10.0. The molecule has 0 spiro atoms. The van der Waals surface area contributed by atoms with Crippen LogP contribution < -0.4 is 5.73 Å². The predicted molar refractivity (Wildman–Crippen MR) is 43.5 cm³/mol. The molecule has 0 radical (unpaired) electrons. The summed E-state index contributed by atoms with van der Waals surface area (Å²) < 4.78 is 0. The number of carbonyl (C=O) groups is 2. The summed E-state index contributed by atoms with van der Waals surface area (Å²) in [5.41, 5.74) is 5.10. The van der Waals surface area contributed by atoms with E-state index in [9.17, 15) is 9.59 Å². The van der Waals surface area contributed by atoms with Crippen molar-refractivity contribution in [2.24, 2.45) is 5.73 Å². The summed E-state index contributed by atoms with van der Waals surface area (Å²) in [6.07, 6.45) is 0. The Morgan fingerprint density at radius 3 is 2.25 bits per heavy atom. The quantitative estimate of drug-likeness (QED) is 0.588. The minimum absolute atomic E-state index is 0.128. The molecule has 0 aromatic heterocycles. The molecule has 0 bridgehead atoms. The molecular formula is C7H14N2O3. The fourth-order valence-electron chi connectivity index (χ4n) is 0.822. The molecule has 5 heteroatoms. The van der Waals surface area contributed by atoms with Crippen LogP contribution in [0.1, 0.15) is 13.8 Å². The minimum Gasteiger partial charge on any atom is -0.480 e. The fourth-order valence-corrected chi connectivity index (χ4v) is 0.822. The third-order valence-electron chi connectivity index (χ3n) is 1.42. The first-order chi connectivity index (χ1) is 5.49. The fraction of sp³-hybridized carbons (Fsp3) is 0.714. The number of carboxylic acid groups (broad SMARTS) is 1. The average Bonchev–Trinajstić information content (AvgIpc) is 1.98. The molecule has 0 saturated carbocycles. The Bertz CT molecular complexity index is 179. The number of carbonyl (C=O) groups excluding carboxylic acids is 1. The summed E-state index contributed by atoms with van der Waals surface area (Å²) in [5, 5.41) is 8.44. The third kappa shape index (κ3) is 3.34. The van der Waals surface area contributed by atoms with Crippen molar-refractivity contribution in [2.75, 3.05) is 13.1 Å². The van der Waals surface area contributed by atoms with E-state index in [1.165, 1.54) is 4.90 Å². The van der Waals surface area contributed by atoms with Crippen molar-refractivity contribution in [1.29, 1.82) is 0 Å². The van der Waals surface area contributed by atoms with E-state index < -0.39 is 5.97 Å². The summed E-state index contributed by atoms with van der Waals surface area (Å²) in [6, 6.07) is -0.128. The molecule has 0 rings (SSSR count). The molecule has 0 saturated heterocycles. The minimum atomic E-state index is -1.02. The smallest absolute Gasteiger partial charge is 0.323 e.